The quantitative estimate of drug-likeness (QED) is 0.844. The summed E-state index contributed by atoms with van der Waals surface area (Å²) in [5.41, 5.74) is 2.23. The monoisotopic (exact) mass is 290 g/mol. The molecule has 0 bridgehead atoms. The van der Waals surface area contributed by atoms with E-state index in [0.717, 1.165) is 11.1 Å². The Hall–Kier alpha value is -2.76. The molecule has 0 aliphatic carbocycles. The molecule has 0 fully saturated rings. The molecule has 2 N–H and O–H groups in total. The highest BCUT2D eigenvalue weighted by molar-refractivity contribution is 5.71. The molecule has 2 aromatic rings. The number of amides is 1. The van der Waals surface area contributed by atoms with E-state index in [1.165, 1.54) is 6.07 Å². The molecule has 5 nitrogen and oxygen atoms in total. The van der Waals surface area contributed by atoms with Gasteiger partial charge in [-0.2, -0.15) is 0 Å². The highest BCUT2D eigenvalue weighted by Gasteiger charge is 2.01. The molecule has 1 heterocycles. The maximum atomic E-state index is 13.2. The van der Waals surface area contributed by atoms with E-state index in [9.17, 15) is 14.0 Å². The van der Waals surface area contributed by atoms with Crippen LogP contribution in [0.25, 0.3) is 11.1 Å². The largest absolute Gasteiger partial charge is 0.480 e. The summed E-state index contributed by atoms with van der Waals surface area (Å²) in [5.74, 6) is -1.29. The van der Waals surface area contributed by atoms with Gasteiger partial charge >= 0.3 is 5.97 Å². The molecular weight excluding hydrogens is 275 g/mol. The molecule has 0 atom stereocenters. The van der Waals surface area contributed by atoms with E-state index in [4.69, 9.17) is 5.11 Å². The minimum Gasteiger partial charge on any atom is -0.480 e. The van der Waals surface area contributed by atoms with Crippen LogP contribution in [0.3, 0.4) is 0 Å². The summed E-state index contributed by atoms with van der Waals surface area (Å²) < 4.78 is 13.2. The first-order valence-electron chi connectivity index (χ1n) is 6.11. The van der Waals surface area contributed by atoms with Crippen molar-refractivity contribution in [3.8, 4) is 11.1 Å². The lowest BCUT2D eigenvalue weighted by atomic mass is 10.1. The number of hydrogen-bond donors (Lipinski definition) is 2. The van der Waals surface area contributed by atoms with Gasteiger partial charge in [0.15, 0.2) is 0 Å². The molecule has 2 rings (SSSR count). The maximum Gasteiger partial charge on any atom is 0.322 e. The number of carbonyl (C=O) groups is 2. The molecule has 0 unspecified atom stereocenters. The average molecular weight is 290 g/mol. The van der Waals surface area contributed by atoms with Crippen LogP contribution in [0.4, 0.5) is 4.39 Å². The van der Waals surface area contributed by atoms with Gasteiger partial charge in [0, 0.05) is 11.8 Å². The van der Waals surface area contributed by atoms with E-state index < -0.39 is 5.97 Å². The van der Waals surface area contributed by atoms with Crippen molar-refractivity contribution in [3.63, 3.8) is 0 Å². The number of carboxylic acid groups (broad SMARTS) is 1. The second-order valence-electron chi connectivity index (χ2n) is 4.05. The minimum absolute atomic E-state index is 0.258. The normalized spacial score (nSPS) is 9.24. The van der Waals surface area contributed by atoms with Crippen LogP contribution >= 0.6 is 0 Å². The zero-order chi connectivity index (χ0) is 15.7. The zero-order valence-corrected chi connectivity index (χ0v) is 11.4. The number of aryl methyl sites for hydroxylation is 1. The van der Waals surface area contributed by atoms with Gasteiger partial charge in [-0.05, 0) is 18.6 Å². The van der Waals surface area contributed by atoms with Crippen LogP contribution in [-0.4, -0.2) is 29.0 Å². The number of aliphatic carboxylic acids is 1. The first-order chi connectivity index (χ1) is 10.0. The lowest BCUT2D eigenvalue weighted by Crippen LogP contribution is -2.20. The van der Waals surface area contributed by atoms with Crippen molar-refractivity contribution in [2.45, 2.75) is 6.92 Å². The minimum atomic E-state index is -1.04. The van der Waals surface area contributed by atoms with Gasteiger partial charge in [0.1, 0.15) is 12.4 Å². The summed E-state index contributed by atoms with van der Waals surface area (Å²) in [7, 11) is 0. The van der Waals surface area contributed by atoms with Gasteiger partial charge < -0.3 is 10.4 Å². The van der Waals surface area contributed by atoms with Crippen LogP contribution in [0.1, 0.15) is 5.69 Å². The number of aromatic nitrogens is 1. The number of halogens is 1. The van der Waals surface area contributed by atoms with Crippen LogP contribution in [0.2, 0.25) is 0 Å². The van der Waals surface area contributed by atoms with Gasteiger partial charge in [-0.15, -0.1) is 0 Å². The molecule has 1 aromatic heterocycles. The van der Waals surface area contributed by atoms with Crippen molar-refractivity contribution in [2.75, 3.05) is 6.54 Å². The van der Waals surface area contributed by atoms with Crippen LogP contribution in [-0.2, 0) is 9.59 Å². The summed E-state index contributed by atoms with van der Waals surface area (Å²) in [5, 5.41) is 9.79. The Balaban J connectivity index is 0.000000270. The highest BCUT2D eigenvalue weighted by Crippen LogP contribution is 2.19. The van der Waals surface area contributed by atoms with Crippen LogP contribution in [0, 0.1) is 12.7 Å². The van der Waals surface area contributed by atoms with Gasteiger partial charge in [0.05, 0.1) is 5.69 Å². The summed E-state index contributed by atoms with van der Waals surface area (Å²) >= 11 is 0. The van der Waals surface area contributed by atoms with Gasteiger partial charge in [0.25, 0.3) is 0 Å². The molecule has 0 spiro atoms. The maximum absolute atomic E-state index is 13.2. The van der Waals surface area contributed by atoms with Crippen LogP contribution < -0.4 is 5.32 Å². The van der Waals surface area contributed by atoms with Gasteiger partial charge in [-0.1, -0.05) is 30.3 Å². The van der Waals surface area contributed by atoms with Crippen LogP contribution in [0.5, 0.6) is 0 Å². The molecule has 0 aliphatic rings. The van der Waals surface area contributed by atoms with Crippen molar-refractivity contribution in [2.24, 2.45) is 0 Å². The molecule has 0 saturated heterocycles. The fourth-order valence-corrected chi connectivity index (χ4v) is 1.42. The van der Waals surface area contributed by atoms with Crippen LogP contribution in [0.15, 0.2) is 42.6 Å². The van der Waals surface area contributed by atoms with Crippen molar-refractivity contribution in [3.05, 3.63) is 54.1 Å². The molecule has 6 heteroatoms. The number of nitrogens with zero attached hydrogens (tertiary/aromatic N) is 1. The van der Waals surface area contributed by atoms with Gasteiger partial charge in [-0.3, -0.25) is 14.6 Å². The van der Waals surface area contributed by atoms with Crippen molar-refractivity contribution >= 4 is 12.4 Å². The standard InChI is InChI=1S/C12H10FN.C3H5NO3/c1-9-12(13)7-11(8-14-9)10-5-3-2-4-6-10;5-2-4-1-3(6)7/h2-8H,1H3;2H,1H2,(H,4,5)(H,6,7). The summed E-state index contributed by atoms with van der Waals surface area (Å²) in [6, 6.07) is 11.2. The number of nitrogens with one attached hydrogen (secondary N) is 1. The fourth-order valence-electron chi connectivity index (χ4n) is 1.42. The summed E-state index contributed by atoms with van der Waals surface area (Å²) in [6.07, 6.45) is 2.03. The number of carboxylic acids is 1. The molecular formula is C15H15FN2O3. The lowest BCUT2D eigenvalue weighted by molar-refractivity contribution is -0.136. The SMILES string of the molecule is Cc1ncc(-c2ccccc2)cc1F.O=CNCC(=O)O. The molecule has 110 valence electrons. The summed E-state index contributed by atoms with van der Waals surface area (Å²) in [6.45, 7) is 1.35. The van der Waals surface area contributed by atoms with Crippen molar-refractivity contribution in [1.82, 2.24) is 10.3 Å². The van der Waals surface area contributed by atoms with Crippen molar-refractivity contribution in [1.29, 1.82) is 0 Å². The van der Waals surface area contributed by atoms with E-state index in [2.05, 4.69) is 4.98 Å². The van der Waals surface area contributed by atoms with E-state index in [0.29, 0.717) is 12.1 Å². The third-order valence-electron chi connectivity index (χ3n) is 2.47. The van der Waals surface area contributed by atoms with Gasteiger partial charge in [-0.25, -0.2) is 4.39 Å². The Morgan fingerprint density at radius 2 is 2.00 bits per heavy atom. The van der Waals surface area contributed by atoms with E-state index >= 15 is 0 Å². The topological polar surface area (TPSA) is 79.3 Å². The second-order valence-corrected chi connectivity index (χ2v) is 4.05. The number of benzene rings is 1. The Labute approximate surface area is 121 Å². The molecule has 21 heavy (non-hydrogen) atoms. The predicted molar refractivity (Wildman–Crippen MR) is 76.1 cm³/mol. The first kappa shape index (κ1) is 16.3. The summed E-state index contributed by atoms with van der Waals surface area (Å²) in [4.78, 5) is 22.9. The molecule has 0 saturated carbocycles. The third kappa shape index (κ3) is 5.82. The van der Waals surface area contributed by atoms with E-state index in [-0.39, 0.29) is 12.4 Å². The Kier molecular flexibility index (Phi) is 6.53. The predicted octanol–water partition coefficient (Wildman–Crippen LogP) is 2.01. The smallest absolute Gasteiger partial charge is 0.322 e. The van der Waals surface area contributed by atoms with Gasteiger partial charge in [0.2, 0.25) is 6.41 Å². The zero-order valence-electron chi connectivity index (χ0n) is 11.4. The molecule has 1 amide bonds. The molecule has 1 aromatic carbocycles. The lowest BCUT2D eigenvalue weighted by Gasteiger charge is -2.01. The van der Waals surface area contributed by atoms with E-state index in [1.54, 1.807) is 13.1 Å². The Morgan fingerprint density at radius 3 is 2.48 bits per heavy atom. The highest BCUT2D eigenvalue weighted by atomic mass is 19.1. The van der Waals surface area contributed by atoms with Crippen molar-refractivity contribution < 1.29 is 19.1 Å². The molecule has 0 aliphatic heterocycles. The number of rotatable bonds is 4. The molecule has 0 radical (unpaired) electrons. The second kappa shape index (κ2) is 8.42. The van der Waals surface area contributed by atoms with E-state index in [1.807, 2.05) is 35.6 Å². The fraction of sp³-hybridized carbons (Fsp3) is 0.133. The Morgan fingerprint density at radius 1 is 1.33 bits per heavy atom. The number of carbonyl (C=O) groups excluding carboxylic acids is 1. The number of pyridine rings is 1. The average Bonchev–Trinajstić information content (AvgIpc) is 2.49. The third-order valence-corrected chi connectivity index (χ3v) is 2.47. The number of hydrogen-bond acceptors (Lipinski definition) is 3. The first-order valence-corrected chi connectivity index (χ1v) is 6.11. The Bertz CT molecular complexity index is 603.